The van der Waals surface area contributed by atoms with E-state index in [0.717, 1.165) is 17.6 Å². The molecule has 1 saturated heterocycles. The fraction of sp³-hybridized carbons (Fsp3) is 0.300. The Bertz CT molecular complexity index is 256. The molecule has 1 aliphatic heterocycles. The van der Waals surface area contributed by atoms with Gasteiger partial charge in [0.1, 0.15) is 0 Å². The van der Waals surface area contributed by atoms with Crippen molar-refractivity contribution in [2.75, 3.05) is 6.54 Å². The minimum Gasteiger partial charge on any atom is -0.352 e. The lowest BCUT2D eigenvalue weighted by Gasteiger charge is -2.17. The highest BCUT2D eigenvalue weighted by atomic mass is 16.1. The van der Waals surface area contributed by atoms with Gasteiger partial charge in [0.2, 0.25) is 0 Å². The van der Waals surface area contributed by atoms with Gasteiger partial charge in [-0.15, -0.1) is 0 Å². The van der Waals surface area contributed by atoms with Crippen molar-refractivity contribution >= 4 is 5.91 Å². The molecule has 1 amide bonds. The van der Waals surface area contributed by atoms with Crippen LogP contribution in [0.1, 0.15) is 13.3 Å². The molecule has 0 aromatic carbocycles. The van der Waals surface area contributed by atoms with Crippen molar-refractivity contribution in [1.82, 2.24) is 5.32 Å². The Balaban J connectivity index is 2.90. The number of carbonyl (C=O) groups is 1. The number of hydrogen-bond acceptors (Lipinski definition) is 1. The van der Waals surface area contributed by atoms with E-state index in [2.05, 4.69) is 18.5 Å². The van der Waals surface area contributed by atoms with Gasteiger partial charge in [0.05, 0.1) is 0 Å². The van der Waals surface area contributed by atoms with Crippen LogP contribution in [0.3, 0.4) is 0 Å². The summed E-state index contributed by atoms with van der Waals surface area (Å²) >= 11 is 0. The lowest BCUT2D eigenvalue weighted by atomic mass is 9.98. The summed E-state index contributed by atoms with van der Waals surface area (Å²) < 4.78 is 0. The average Bonchev–Trinajstić information content (AvgIpc) is 1.97. The van der Waals surface area contributed by atoms with Crippen molar-refractivity contribution in [2.45, 2.75) is 13.3 Å². The van der Waals surface area contributed by atoms with Crippen LogP contribution in [-0.4, -0.2) is 12.5 Å². The van der Waals surface area contributed by atoms with Crippen LogP contribution in [0.15, 0.2) is 36.0 Å². The van der Waals surface area contributed by atoms with Gasteiger partial charge >= 0.3 is 0 Å². The summed E-state index contributed by atoms with van der Waals surface area (Å²) in [6, 6.07) is 0. The number of nitrogens with one attached hydrogen (secondary N) is 1. The molecule has 0 bridgehead atoms. The lowest BCUT2D eigenvalue weighted by molar-refractivity contribution is -0.117. The highest BCUT2D eigenvalue weighted by Crippen LogP contribution is 2.17. The molecule has 2 nitrogen and oxygen atoms in total. The predicted octanol–water partition coefficient (Wildman–Crippen LogP) is 1.56. The van der Waals surface area contributed by atoms with E-state index in [1.54, 1.807) is 6.08 Å². The first-order valence-electron chi connectivity index (χ1n) is 3.95. The summed E-state index contributed by atoms with van der Waals surface area (Å²) in [5.41, 5.74) is 2.46. The molecule has 64 valence electrons. The highest BCUT2D eigenvalue weighted by Gasteiger charge is 2.16. The van der Waals surface area contributed by atoms with Crippen molar-refractivity contribution in [2.24, 2.45) is 0 Å². The second kappa shape index (κ2) is 3.39. The zero-order valence-electron chi connectivity index (χ0n) is 7.31. The largest absolute Gasteiger partial charge is 0.352 e. The first-order chi connectivity index (χ1) is 5.61. The molecular formula is C10H13NO. The van der Waals surface area contributed by atoms with Crippen molar-refractivity contribution in [3.05, 3.63) is 36.0 Å². The molecule has 0 aromatic heterocycles. The summed E-state index contributed by atoms with van der Waals surface area (Å²) in [5, 5.41) is 2.76. The standard InChI is InChI=1S/C10H13NO/c1-7(2)6-9-8(3)4-5-11-10(9)12/h6H,1,3-5H2,2H3,(H,11,12)/b9-6+. The molecular weight excluding hydrogens is 150 g/mol. The number of hydrogen-bond donors (Lipinski definition) is 1. The van der Waals surface area contributed by atoms with E-state index in [9.17, 15) is 4.79 Å². The number of rotatable bonds is 1. The molecule has 0 aliphatic carbocycles. The maximum Gasteiger partial charge on any atom is 0.251 e. The SMILES string of the molecule is C=C(C)/C=C1\C(=C)CCNC1=O. The van der Waals surface area contributed by atoms with Crippen LogP contribution in [0.2, 0.25) is 0 Å². The van der Waals surface area contributed by atoms with E-state index >= 15 is 0 Å². The Hall–Kier alpha value is -1.31. The van der Waals surface area contributed by atoms with E-state index < -0.39 is 0 Å². The topological polar surface area (TPSA) is 29.1 Å². The van der Waals surface area contributed by atoms with E-state index in [1.807, 2.05) is 6.92 Å². The number of carbonyl (C=O) groups excluding carboxylic acids is 1. The third kappa shape index (κ3) is 1.84. The van der Waals surface area contributed by atoms with Crippen LogP contribution in [0, 0.1) is 0 Å². The van der Waals surface area contributed by atoms with Crippen LogP contribution in [-0.2, 0) is 4.79 Å². The van der Waals surface area contributed by atoms with Crippen molar-refractivity contribution in [1.29, 1.82) is 0 Å². The van der Waals surface area contributed by atoms with Crippen LogP contribution in [0.25, 0.3) is 0 Å². The fourth-order valence-corrected chi connectivity index (χ4v) is 1.13. The molecule has 1 rings (SSSR count). The molecule has 12 heavy (non-hydrogen) atoms. The van der Waals surface area contributed by atoms with Crippen LogP contribution >= 0.6 is 0 Å². The second-order valence-corrected chi connectivity index (χ2v) is 3.01. The molecule has 2 heteroatoms. The van der Waals surface area contributed by atoms with Gasteiger partial charge in [0.25, 0.3) is 5.91 Å². The molecule has 0 radical (unpaired) electrons. The molecule has 1 fully saturated rings. The summed E-state index contributed by atoms with van der Waals surface area (Å²) in [6.07, 6.45) is 2.61. The predicted molar refractivity (Wildman–Crippen MR) is 49.7 cm³/mol. The quantitative estimate of drug-likeness (QED) is 0.584. The smallest absolute Gasteiger partial charge is 0.251 e. The van der Waals surface area contributed by atoms with Gasteiger partial charge in [-0.1, -0.05) is 18.7 Å². The number of piperidine rings is 1. The Labute approximate surface area is 72.7 Å². The van der Waals surface area contributed by atoms with Gasteiger partial charge in [0, 0.05) is 12.1 Å². The Morgan fingerprint density at radius 1 is 1.67 bits per heavy atom. The van der Waals surface area contributed by atoms with E-state index in [1.165, 1.54) is 0 Å². The average molecular weight is 163 g/mol. The molecule has 0 atom stereocenters. The zero-order chi connectivity index (χ0) is 9.14. The summed E-state index contributed by atoms with van der Waals surface area (Å²) in [5.74, 6) is -0.0331. The van der Waals surface area contributed by atoms with Crippen molar-refractivity contribution in [3.63, 3.8) is 0 Å². The van der Waals surface area contributed by atoms with E-state index in [-0.39, 0.29) is 5.91 Å². The lowest BCUT2D eigenvalue weighted by Crippen LogP contribution is -2.31. The van der Waals surface area contributed by atoms with Crippen LogP contribution < -0.4 is 5.32 Å². The summed E-state index contributed by atoms with van der Waals surface area (Å²) in [6.45, 7) is 10.1. The molecule has 0 aromatic rings. The Kier molecular flexibility index (Phi) is 2.48. The molecule has 0 saturated carbocycles. The molecule has 0 spiro atoms. The van der Waals surface area contributed by atoms with E-state index in [0.29, 0.717) is 12.1 Å². The fourth-order valence-electron chi connectivity index (χ4n) is 1.13. The van der Waals surface area contributed by atoms with Gasteiger partial charge in [-0.25, -0.2) is 0 Å². The van der Waals surface area contributed by atoms with Gasteiger partial charge in [0.15, 0.2) is 0 Å². The Morgan fingerprint density at radius 2 is 2.33 bits per heavy atom. The minimum atomic E-state index is -0.0331. The van der Waals surface area contributed by atoms with Crippen molar-refractivity contribution in [3.8, 4) is 0 Å². The first kappa shape index (κ1) is 8.78. The molecule has 1 heterocycles. The maximum absolute atomic E-state index is 11.3. The third-order valence-electron chi connectivity index (χ3n) is 1.73. The van der Waals surface area contributed by atoms with Gasteiger partial charge in [-0.2, -0.15) is 0 Å². The highest BCUT2D eigenvalue weighted by molar-refractivity contribution is 5.99. The number of amides is 1. The Morgan fingerprint density at radius 3 is 2.83 bits per heavy atom. The molecule has 0 unspecified atom stereocenters. The molecule has 1 N–H and O–H groups in total. The normalized spacial score (nSPS) is 20.9. The third-order valence-corrected chi connectivity index (χ3v) is 1.73. The van der Waals surface area contributed by atoms with Crippen LogP contribution in [0.4, 0.5) is 0 Å². The summed E-state index contributed by atoms with van der Waals surface area (Å²) in [4.78, 5) is 11.3. The summed E-state index contributed by atoms with van der Waals surface area (Å²) in [7, 11) is 0. The monoisotopic (exact) mass is 163 g/mol. The number of allylic oxidation sites excluding steroid dienone is 2. The molecule has 1 aliphatic rings. The van der Waals surface area contributed by atoms with Crippen molar-refractivity contribution < 1.29 is 4.79 Å². The first-order valence-corrected chi connectivity index (χ1v) is 3.95. The zero-order valence-corrected chi connectivity index (χ0v) is 7.31. The van der Waals surface area contributed by atoms with Gasteiger partial charge in [-0.05, 0) is 25.0 Å². The minimum absolute atomic E-state index is 0.0331. The van der Waals surface area contributed by atoms with Gasteiger partial charge in [-0.3, -0.25) is 4.79 Å². The maximum atomic E-state index is 11.3. The second-order valence-electron chi connectivity index (χ2n) is 3.01. The van der Waals surface area contributed by atoms with Crippen LogP contribution in [0.5, 0.6) is 0 Å². The van der Waals surface area contributed by atoms with E-state index in [4.69, 9.17) is 0 Å². The van der Waals surface area contributed by atoms with Gasteiger partial charge < -0.3 is 5.32 Å².